The molecule has 0 aliphatic rings. The summed E-state index contributed by atoms with van der Waals surface area (Å²) in [7, 11) is -1.95. The third-order valence-electron chi connectivity index (χ3n) is 3.35. The molecule has 0 unspecified atom stereocenters. The molecule has 0 aliphatic heterocycles. The van der Waals surface area contributed by atoms with E-state index in [1.54, 1.807) is 13.2 Å². The number of halogens is 1. The minimum Gasteiger partial charge on any atom is -0.383 e. The lowest BCUT2D eigenvalue weighted by molar-refractivity contribution is 0.180. The molecule has 4 nitrogen and oxygen atoms in total. The second-order valence-electron chi connectivity index (χ2n) is 4.66. The fourth-order valence-electron chi connectivity index (χ4n) is 2.02. The molecule has 0 saturated heterocycles. The number of rotatable bonds is 7. The number of likely N-dealkylation sites (N-methyl/N-ethyl adjacent to an activating group) is 1. The van der Waals surface area contributed by atoms with Gasteiger partial charge in [-0.05, 0) is 36.6 Å². The molecular weight excluding hydrogens is 298 g/mol. The van der Waals surface area contributed by atoms with Gasteiger partial charge >= 0.3 is 0 Å². The predicted octanol–water partition coefficient (Wildman–Crippen LogP) is 2.70. The molecule has 0 saturated carbocycles. The molecule has 0 spiro atoms. The average Bonchev–Trinajstić information content (AvgIpc) is 2.42. The molecule has 0 amide bonds. The van der Waals surface area contributed by atoms with Crippen LogP contribution in [0.2, 0.25) is 0 Å². The van der Waals surface area contributed by atoms with E-state index in [0.29, 0.717) is 30.5 Å². The first-order valence-electron chi connectivity index (χ1n) is 6.53. The molecule has 0 bridgehead atoms. The summed E-state index contributed by atoms with van der Waals surface area (Å²) >= 11 is 5.84. The molecule has 114 valence electrons. The Labute approximate surface area is 126 Å². The summed E-state index contributed by atoms with van der Waals surface area (Å²) in [4.78, 5) is 0.339. The first-order chi connectivity index (χ1) is 9.38. The molecule has 0 aromatic heterocycles. The van der Waals surface area contributed by atoms with Gasteiger partial charge in [0.25, 0.3) is 0 Å². The van der Waals surface area contributed by atoms with Crippen LogP contribution in [0.4, 0.5) is 0 Å². The predicted molar refractivity (Wildman–Crippen MR) is 81.8 cm³/mol. The molecule has 0 fully saturated rings. The van der Waals surface area contributed by atoms with Crippen LogP contribution in [0.1, 0.15) is 23.6 Å². The van der Waals surface area contributed by atoms with Crippen molar-refractivity contribution in [3.63, 3.8) is 0 Å². The molecular formula is C14H22ClNO3S. The summed E-state index contributed by atoms with van der Waals surface area (Å²) in [5.41, 5.74) is 2.52. The molecule has 0 heterocycles. The summed E-state index contributed by atoms with van der Waals surface area (Å²) in [5.74, 6) is 0.299. The highest BCUT2D eigenvalue weighted by Gasteiger charge is 2.25. The number of hydrogen-bond donors (Lipinski definition) is 0. The maximum Gasteiger partial charge on any atom is 0.243 e. The van der Waals surface area contributed by atoms with E-state index in [2.05, 4.69) is 0 Å². The van der Waals surface area contributed by atoms with Gasteiger partial charge in [0, 0.05) is 26.1 Å². The van der Waals surface area contributed by atoms with Crippen LogP contribution in [0.5, 0.6) is 0 Å². The van der Waals surface area contributed by atoms with E-state index >= 15 is 0 Å². The normalized spacial score (nSPS) is 12.1. The van der Waals surface area contributed by atoms with Gasteiger partial charge in [-0.1, -0.05) is 13.0 Å². The van der Waals surface area contributed by atoms with Crippen molar-refractivity contribution in [2.24, 2.45) is 0 Å². The molecule has 0 atom stereocenters. The van der Waals surface area contributed by atoms with E-state index in [-0.39, 0.29) is 0 Å². The van der Waals surface area contributed by atoms with Crippen molar-refractivity contribution in [1.82, 2.24) is 4.31 Å². The highest BCUT2D eigenvalue weighted by molar-refractivity contribution is 7.89. The minimum absolute atomic E-state index is 0.299. The second kappa shape index (κ2) is 7.41. The number of benzene rings is 1. The molecule has 0 N–H and O–H groups in total. The number of hydrogen-bond acceptors (Lipinski definition) is 3. The highest BCUT2D eigenvalue weighted by Crippen LogP contribution is 2.25. The number of alkyl halides is 1. The van der Waals surface area contributed by atoms with Crippen molar-refractivity contribution in [2.45, 2.75) is 31.5 Å². The van der Waals surface area contributed by atoms with Gasteiger partial charge < -0.3 is 4.74 Å². The van der Waals surface area contributed by atoms with Gasteiger partial charge in [0.1, 0.15) is 0 Å². The van der Waals surface area contributed by atoms with Gasteiger partial charge in [0.05, 0.1) is 11.5 Å². The van der Waals surface area contributed by atoms with Crippen LogP contribution in [0.15, 0.2) is 17.0 Å². The standard InChI is InChI=1S/C14H22ClNO3S/c1-5-16(6-7-19-4)20(17,18)14-9-13(10-15)8-11(2)12(14)3/h8-9H,5-7,10H2,1-4H3. The van der Waals surface area contributed by atoms with Crippen LogP contribution in [0.25, 0.3) is 0 Å². The zero-order chi connectivity index (χ0) is 15.3. The Kier molecular flexibility index (Phi) is 6.45. The van der Waals surface area contributed by atoms with Gasteiger partial charge in [-0.15, -0.1) is 11.6 Å². The quantitative estimate of drug-likeness (QED) is 0.726. The van der Waals surface area contributed by atoms with E-state index in [4.69, 9.17) is 16.3 Å². The second-order valence-corrected chi connectivity index (χ2v) is 6.83. The Morgan fingerprint density at radius 2 is 1.95 bits per heavy atom. The zero-order valence-electron chi connectivity index (χ0n) is 12.4. The van der Waals surface area contributed by atoms with Gasteiger partial charge in [-0.3, -0.25) is 0 Å². The van der Waals surface area contributed by atoms with E-state index in [1.807, 2.05) is 26.8 Å². The van der Waals surface area contributed by atoms with E-state index in [9.17, 15) is 8.42 Å². The van der Waals surface area contributed by atoms with Crippen LogP contribution in [-0.4, -0.2) is 39.5 Å². The Bertz CT molecular complexity index is 558. The largest absolute Gasteiger partial charge is 0.383 e. The van der Waals surface area contributed by atoms with Crippen LogP contribution in [0, 0.1) is 13.8 Å². The summed E-state index contributed by atoms with van der Waals surface area (Å²) in [6.45, 7) is 6.68. The lowest BCUT2D eigenvalue weighted by atomic mass is 10.1. The first-order valence-corrected chi connectivity index (χ1v) is 8.51. The van der Waals surface area contributed by atoms with Gasteiger partial charge in [-0.25, -0.2) is 8.42 Å². The van der Waals surface area contributed by atoms with E-state index in [0.717, 1.165) is 16.7 Å². The number of nitrogens with zero attached hydrogens (tertiary/aromatic N) is 1. The number of aryl methyl sites for hydroxylation is 1. The third-order valence-corrected chi connectivity index (χ3v) is 5.76. The number of methoxy groups -OCH3 is 1. The Hall–Kier alpha value is -0.620. The van der Waals surface area contributed by atoms with Crippen molar-refractivity contribution < 1.29 is 13.2 Å². The minimum atomic E-state index is -3.51. The number of sulfonamides is 1. The van der Waals surface area contributed by atoms with Gasteiger partial charge in [-0.2, -0.15) is 4.31 Å². The fourth-order valence-corrected chi connectivity index (χ4v) is 3.96. The summed E-state index contributed by atoms with van der Waals surface area (Å²) in [5, 5.41) is 0. The van der Waals surface area contributed by atoms with Crippen molar-refractivity contribution in [2.75, 3.05) is 26.8 Å². The fraction of sp³-hybridized carbons (Fsp3) is 0.571. The molecule has 6 heteroatoms. The monoisotopic (exact) mass is 319 g/mol. The summed E-state index contributed by atoms with van der Waals surface area (Å²) in [6, 6.07) is 3.59. The molecule has 1 rings (SSSR count). The van der Waals surface area contributed by atoms with Gasteiger partial charge in [0.2, 0.25) is 10.0 Å². The Morgan fingerprint density at radius 1 is 1.30 bits per heavy atom. The third kappa shape index (κ3) is 3.73. The maximum atomic E-state index is 12.7. The van der Waals surface area contributed by atoms with Crippen molar-refractivity contribution >= 4 is 21.6 Å². The Balaban J connectivity index is 3.29. The highest BCUT2D eigenvalue weighted by atomic mass is 35.5. The number of ether oxygens (including phenoxy) is 1. The zero-order valence-corrected chi connectivity index (χ0v) is 14.0. The smallest absolute Gasteiger partial charge is 0.243 e. The first kappa shape index (κ1) is 17.4. The molecule has 1 aromatic rings. The van der Waals surface area contributed by atoms with Crippen molar-refractivity contribution in [3.05, 3.63) is 28.8 Å². The molecule has 0 aliphatic carbocycles. The van der Waals surface area contributed by atoms with Gasteiger partial charge in [0.15, 0.2) is 0 Å². The van der Waals surface area contributed by atoms with E-state index < -0.39 is 10.0 Å². The van der Waals surface area contributed by atoms with Crippen LogP contribution in [-0.2, 0) is 20.6 Å². The molecule has 20 heavy (non-hydrogen) atoms. The van der Waals surface area contributed by atoms with Crippen molar-refractivity contribution in [3.8, 4) is 0 Å². The van der Waals surface area contributed by atoms with Crippen molar-refractivity contribution in [1.29, 1.82) is 0 Å². The van der Waals surface area contributed by atoms with Crippen LogP contribution < -0.4 is 0 Å². The molecule has 0 radical (unpaired) electrons. The van der Waals surface area contributed by atoms with E-state index in [1.165, 1.54) is 4.31 Å². The lowest BCUT2D eigenvalue weighted by Crippen LogP contribution is -2.34. The lowest BCUT2D eigenvalue weighted by Gasteiger charge is -2.22. The average molecular weight is 320 g/mol. The maximum absolute atomic E-state index is 12.7. The van der Waals surface area contributed by atoms with Crippen LogP contribution in [0.3, 0.4) is 0 Å². The summed E-state index contributed by atoms with van der Waals surface area (Å²) in [6.07, 6.45) is 0. The Morgan fingerprint density at radius 3 is 2.45 bits per heavy atom. The summed E-state index contributed by atoms with van der Waals surface area (Å²) < 4.78 is 31.9. The SMILES string of the molecule is CCN(CCOC)S(=O)(=O)c1cc(CCl)cc(C)c1C. The van der Waals surface area contributed by atoms with Crippen LogP contribution >= 0.6 is 11.6 Å². The topological polar surface area (TPSA) is 46.6 Å². The molecule has 1 aromatic carbocycles.